The number of carboxylic acid groups (broad SMARTS) is 2. The van der Waals surface area contributed by atoms with Crippen LogP contribution in [0.2, 0.25) is 0 Å². The summed E-state index contributed by atoms with van der Waals surface area (Å²) in [6.45, 7) is 3.31. The molecule has 0 radical (unpaired) electrons. The van der Waals surface area contributed by atoms with Gasteiger partial charge in [-0.3, -0.25) is 9.59 Å². The fraction of sp³-hybridized carbons (Fsp3) is 0.400. The summed E-state index contributed by atoms with van der Waals surface area (Å²) < 4.78 is 0. The van der Waals surface area contributed by atoms with Gasteiger partial charge in [-0.1, -0.05) is 12.1 Å². The van der Waals surface area contributed by atoms with Crippen LogP contribution in [0, 0.1) is 0 Å². The maximum atomic E-state index is 12.4. The first-order chi connectivity index (χ1) is 10.1. The summed E-state index contributed by atoms with van der Waals surface area (Å²) in [5.74, 6) is -2.86. The van der Waals surface area contributed by atoms with Gasteiger partial charge in [0.05, 0.1) is 5.41 Å². The van der Waals surface area contributed by atoms with Crippen molar-refractivity contribution in [2.75, 3.05) is 5.73 Å². The molecule has 7 heteroatoms. The number of nitrogens with one attached hydrogen (secondary N) is 1. The first kappa shape index (κ1) is 17.5. The van der Waals surface area contributed by atoms with Gasteiger partial charge < -0.3 is 21.3 Å². The van der Waals surface area contributed by atoms with Gasteiger partial charge in [0.1, 0.15) is 6.04 Å². The van der Waals surface area contributed by atoms with Crippen molar-refractivity contribution in [2.45, 2.75) is 38.1 Å². The lowest BCUT2D eigenvalue weighted by Gasteiger charge is -2.26. The van der Waals surface area contributed by atoms with Crippen molar-refractivity contribution in [1.29, 1.82) is 0 Å². The van der Waals surface area contributed by atoms with E-state index < -0.39 is 29.3 Å². The van der Waals surface area contributed by atoms with Crippen molar-refractivity contribution in [3.8, 4) is 0 Å². The van der Waals surface area contributed by atoms with E-state index in [-0.39, 0.29) is 12.8 Å². The fourth-order valence-electron chi connectivity index (χ4n) is 1.89. The topological polar surface area (TPSA) is 130 Å². The highest BCUT2D eigenvalue weighted by Gasteiger charge is 2.33. The molecule has 1 amide bonds. The van der Waals surface area contributed by atoms with Crippen molar-refractivity contribution in [1.82, 2.24) is 5.32 Å². The molecule has 22 heavy (non-hydrogen) atoms. The van der Waals surface area contributed by atoms with E-state index in [2.05, 4.69) is 5.32 Å². The number of rotatable bonds is 7. The summed E-state index contributed by atoms with van der Waals surface area (Å²) in [4.78, 5) is 34.0. The van der Waals surface area contributed by atoms with E-state index in [4.69, 9.17) is 15.9 Å². The molecule has 5 N–H and O–H groups in total. The van der Waals surface area contributed by atoms with Gasteiger partial charge in [-0.15, -0.1) is 0 Å². The first-order valence-corrected chi connectivity index (χ1v) is 6.76. The van der Waals surface area contributed by atoms with E-state index in [1.54, 1.807) is 38.1 Å². The van der Waals surface area contributed by atoms with Crippen molar-refractivity contribution in [2.24, 2.45) is 0 Å². The minimum absolute atomic E-state index is 0.172. The average Bonchev–Trinajstić information content (AvgIpc) is 2.42. The van der Waals surface area contributed by atoms with Gasteiger partial charge in [0.2, 0.25) is 5.91 Å². The monoisotopic (exact) mass is 308 g/mol. The van der Waals surface area contributed by atoms with Gasteiger partial charge in [0.25, 0.3) is 0 Å². The van der Waals surface area contributed by atoms with Gasteiger partial charge in [-0.05, 0) is 38.0 Å². The van der Waals surface area contributed by atoms with E-state index in [9.17, 15) is 14.4 Å². The predicted octanol–water partition coefficient (Wildman–Crippen LogP) is 0.981. The van der Waals surface area contributed by atoms with Crippen molar-refractivity contribution < 1.29 is 24.6 Å². The summed E-state index contributed by atoms with van der Waals surface area (Å²) in [6.07, 6.45) is -0.506. The molecule has 1 rings (SSSR count). The Morgan fingerprint density at radius 3 is 2.18 bits per heavy atom. The zero-order valence-electron chi connectivity index (χ0n) is 12.5. The largest absolute Gasteiger partial charge is 0.481 e. The fourth-order valence-corrected chi connectivity index (χ4v) is 1.89. The summed E-state index contributed by atoms with van der Waals surface area (Å²) in [5.41, 5.74) is 5.87. The van der Waals surface area contributed by atoms with Crippen LogP contribution in [0.1, 0.15) is 32.3 Å². The van der Waals surface area contributed by atoms with E-state index in [0.29, 0.717) is 11.3 Å². The van der Waals surface area contributed by atoms with Crippen LogP contribution in [0.5, 0.6) is 0 Å². The van der Waals surface area contributed by atoms with E-state index in [0.717, 1.165) is 0 Å². The number of nitrogens with two attached hydrogens (primary N) is 1. The molecule has 0 spiro atoms. The van der Waals surface area contributed by atoms with E-state index >= 15 is 0 Å². The Bertz CT molecular complexity index is 566. The second-order valence-corrected chi connectivity index (χ2v) is 5.54. The summed E-state index contributed by atoms with van der Waals surface area (Å²) in [6, 6.07) is 5.47. The molecule has 7 nitrogen and oxygen atoms in total. The lowest BCUT2D eigenvalue weighted by molar-refractivity contribution is -0.143. The van der Waals surface area contributed by atoms with Crippen LogP contribution in [-0.2, 0) is 19.8 Å². The Kier molecular flexibility index (Phi) is 5.50. The smallest absolute Gasteiger partial charge is 0.326 e. The third-order valence-electron chi connectivity index (χ3n) is 3.45. The van der Waals surface area contributed by atoms with Crippen LogP contribution in [0.15, 0.2) is 24.3 Å². The molecular weight excluding hydrogens is 288 g/mol. The Balaban J connectivity index is 2.85. The number of carbonyl (C=O) groups excluding carboxylic acids is 1. The van der Waals surface area contributed by atoms with Gasteiger partial charge in [-0.2, -0.15) is 0 Å². The summed E-state index contributed by atoms with van der Waals surface area (Å²) >= 11 is 0. The summed E-state index contributed by atoms with van der Waals surface area (Å²) in [5, 5.41) is 20.1. The lowest BCUT2D eigenvalue weighted by atomic mass is 9.83. The van der Waals surface area contributed by atoms with Crippen molar-refractivity contribution in [3.05, 3.63) is 29.8 Å². The van der Waals surface area contributed by atoms with Crippen LogP contribution in [0.25, 0.3) is 0 Å². The molecule has 1 unspecified atom stereocenters. The number of carbonyl (C=O) groups is 3. The van der Waals surface area contributed by atoms with Crippen LogP contribution in [0.3, 0.4) is 0 Å². The van der Waals surface area contributed by atoms with Crippen LogP contribution in [0.4, 0.5) is 5.69 Å². The highest BCUT2D eigenvalue weighted by Crippen LogP contribution is 2.24. The van der Waals surface area contributed by atoms with Crippen molar-refractivity contribution in [3.63, 3.8) is 0 Å². The maximum Gasteiger partial charge on any atom is 0.326 e. The molecule has 0 aromatic heterocycles. The number of hydrogen-bond donors (Lipinski definition) is 4. The zero-order valence-corrected chi connectivity index (χ0v) is 12.5. The van der Waals surface area contributed by atoms with Gasteiger partial charge in [-0.25, -0.2) is 4.79 Å². The molecule has 0 heterocycles. The number of amides is 1. The Morgan fingerprint density at radius 1 is 1.18 bits per heavy atom. The first-order valence-electron chi connectivity index (χ1n) is 6.76. The summed E-state index contributed by atoms with van der Waals surface area (Å²) in [7, 11) is 0. The number of carboxylic acids is 2. The Labute approximate surface area is 128 Å². The maximum absolute atomic E-state index is 12.4. The standard InChI is InChI=1S/C15H20N2O5/c1-15(2,9-3-5-10(16)6-4-9)14(22)17-11(13(20)21)7-8-12(18)19/h3-6,11H,7-8,16H2,1-2H3,(H,17,22)(H,18,19)(H,20,21). The lowest BCUT2D eigenvalue weighted by Crippen LogP contribution is -2.48. The molecule has 0 saturated carbocycles. The molecule has 1 aromatic rings. The highest BCUT2D eigenvalue weighted by atomic mass is 16.4. The molecule has 120 valence electrons. The third-order valence-corrected chi connectivity index (χ3v) is 3.45. The average molecular weight is 308 g/mol. The molecule has 0 aliphatic carbocycles. The number of aliphatic carboxylic acids is 2. The van der Waals surface area contributed by atoms with Crippen LogP contribution in [-0.4, -0.2) is 34.1 Å². The van der Waals surface area contributed by atoms with E-state index in [1.807, 2.05) is 0 Å². The zero-order chi connectivity index (χ0) is 16.9. The number of benzene rings is 1. The molecular formula is C15H20N2O5. The molecule has 0 bridgehead atoms. The van der Waals surface area contributed by atoms with Gasteiger partial charge in [0, 0.05) is 12.1 Å². The van der Waals surface area contributed by atoms with Crippen molar-refractivity contribution >= 4 is 23.5 Å². The third kappa shape index (κ3) is 4.47. The predicted molar refractivity (Wildman–Crippen MR) is 80.3 cm³/mol. The minimum Gasteiger partial charge on any atom is -0.481 e. The molecule has 0 aliphatic rings. The van der Waals surface area contributed by atoms with Crippen LogP contribution >= 0.6 is 0 Å². The SMILES string of the molecule is CC(C)(C(=O)NC(CCC(=O)O)C(=O)O)c1ccc(N)cc1. The molecule has 0 saturated heterocycles. The quantitative estimate of drug-likeness (QED) is 0.556. The molecule has 1 aromatic carbocycles. The molecule has 1 atom stereocenters. The second-order valence-electron chi connectivity index (χ2n) is 5.54. The van der Waals surface area contributed by atoms with Gasteiger partial charge in [0.15, 0.2) is 0 Å². The number of hydrogen-bond acceptors (Lipinski definition) is 4. The molecule has 0 fully saturated rings. The Morgan fingerprint density at radius 2 is 1.73 bits per heavy atom. The second kappa shape index (κ2) is 6.93. The molecule has 0 aliphatic heterocycles. The normalized spacial score (nSPS) is 12.5. The number of anilines is 1. The minimum atomic E-state index is -1.26. The highest BCUT2D eigenvalue weighted by molar-refractivity contribution is 5.91. The van der Waals surface area contributed by atoms with Gasteiger partial charge >= 0.3 is 11.9 Å². The number of nitrogen functional groups attached to an aromatic ring is 1. The Hall–Kier alpha value is -2.57. The van der Waals surface area contributed by atoms with E-state index in [1.165, 1.54) is 0 Å². The van der Waals surface area contributed by atoms with Crippen LogP contribution < -0.4 is 11.1 Å².